The maximum atomic E-state index is 12.6. The Balaban J connectivity index is 1.61. The molecule has 2 heterocycles. The van der Waals surface area contributed by atoms with E-state index in [2.05, 4.69) is 5.32 Å². The summed E-state index contributed by atoms with van der Waals surface area (Å²) in [5.74, 6) is -0.186. The molecule has 7 nitrogen and oxygen atoms in total. The summed E-state index contributed by atoms with van der Waals surface area (Å²) in [6.45, 7) is 1.34. The maximum Gasteiger partial charge on any atom is 0.317 e. The van der Waals surface area contributed by atoms with Crippen molar-refractivity contribution in [2.45, 2.75) is 25.3 Å². The van der Waals surface area contributed by atoms with Crippen LogP contribution in [0.25, 0.3) is 0 Å². The summed E-state index contributed by atoms with van der Waals surface area (Å²) in [7, 11) is 5.09. The first-order chi connectivity index (χ1) is 11.3. The lowest BCUT2D eigenvalue weighted by atomic mass is 9.65. The van der Waals surface area contributed by atoms with Crippen molar-refractivity contribution in [3.8, 4) is 0 Å². The number of aryl methyl sites for hydroxylation is 1. The Morgan fingerprint density at radius 2 is 2.04 bits per heavy atom. The van der Waals surface area contributed by atoms with E-state index in [1.54, 1.807) is 44.4 Å². The SMILES string of the molecule is CN(C)C(=O)NC1CC2(CCN(C(=O)c3cccn(C)c3=O)C2)C1. The van der Waals surface area contributed by atoms with Gasteiger partial charge in [0, 0.05) is 46.5 Å². The van der Waals surface area contributed by atoms with Crippen LogP contribution in [-0.4, -0.2) is 59.5 Å². The Labute approximate surface area is 141 Å². The molecule has 7 heteroatoms. The van der Waals surface area contributed by atoms with E-state index < -0.39 is 0 Å². The molecule has 1 saturated carbocycles. The normalized spacial score (nSPS) is 25.5. The fourth-order valence-corrected chi connectivity index (χ4v) is 3.76. The number of pyridine rings is 1. The van der Waals surface area contributed by atoms with Crippen molar-refractivity contribution in [3.05, 3.63) is 34.2 Å². The minimum absolute atomic E-state index is 0.0754. The molecule has 0 radical (unpaired) electrons. The number of hydrogen-bond acceptors (Lipinski definition) is 3. The van der Waals surface area contributed by atoms with Crippen molar-refractivity contribution < 1.29 is 9.59 Å². The van der Waals surface area contributed by atoms with Crippen LogP contribution in [0.15, 0.2) is 23.1 Å². The Morgan fingerprint density at radius 1 is 1.33 bits per heavy atom. The second-order valence-electron chi connectivity index (χ2n) is 7.26. The molecule has 2 fully saturated rings. The molecule has 24 heavy (non-hydrogen) atoms. The smallest absolute Gasteiger partial charge is 0.317 e. The molecule has 1 spiro atoms. The van der Waals surface area contributed by atoms with Crippen LogP contribution in [0.1, 0.15) is 29.6 Å². The molecule has 130 valence electrons. The topological polar surface area (TPSA) is 74.7 Å². The van der Waals surface area contributed by atoms with Gasteiger partial charge in [-0.15, -0.1) is 0 Å². The molecule has 2 aliphatic rings. The van der Waals surface area contributed by atoms with Gasteiger partial charge in [-0.3, -0.25) is 9.59 Å². The summed E-state index contributed by atoms with van der Waals surface area (Å²) in [6, 6.07) is 3.42. The van der Waals surface area contributed by atoms with E-state index in [1.807, 2.05) is 0 Å². The van der Waals surface area contributed by atoms with E-state index >= 15 is 0 Å². The van der Waals surface area contributed by atoms with E-state index in [9.17, 15) is 14.4 Å². The number of nitrogens with zero attached hydrogens (tertiary/aromatic N) is 3. The lowest BCUT2D eigenvalue weighted by Gasteiger charge is -2.45. The number of urea groups is 1. The van der Waals surface area contributed by atoms with Gasteiger partial charge < -0.3 is 19.7 Å². The summed E-state index contributed by atoms with van der Waals surface area (Å²) in [6.07, 6.45) is 4.36. The van der Waals surface area contributed by atoms with E-state index in [0.717, 1.165) is 19.3 Å². The van der Waals surface area contributed by atoms with Crippen molar-refractivity contribution in [1.82, 2.24) is 19.7 Å². The molecule has 1 saturated heterocycles. The highest BCUT2D eigenvalue weighted by atomic mass is 16.2. The van der Waals surface area contributed by atoms with Crippen LogP contribution in [0.4, 0.5) is 4.79 Å². The number of carbonyl (C=O) groups excluding carboxylic acids is 2. The largest absolute Gasteiger partial charge is 0.338 e. The zero-order valence-corrected chi connectivity index (χ0v) is 14.4. The third-order valence-corrected chi connectivity index (χ3v) is 5.17. The minimum Gasteiger partial charge on any atom is -0.338 e. The minimum atomic E-state index is -0.256. The number of aromatic nitrogens is 1. The van der Waals surface area contributed by atoms with Gasteiger partial charge in [0.25, 0.3) is 11.5 Å². The predicted octanol–water partition coefficient (Wildman–Crippen LogP) is 0.651. The number of likely N-dealkylation sites (tertiary alicyclic amines) is 1. The molecule has 1 N–H and O–H groups in total. The molecule has 1 aromatic rings. The van der Waals surface area contributed by atoms with E-state index in [1.165, 1.54) is 9.47 Å². The van der Waals surface area contributed by atoms with Crippen LogP contribution in [-0.2, 0) is 7.05 Å². The van der Waals surface area contributed by atoms with Crippen LogP contribution in [0.5, 0.6) is 0 Å². The van der Waals surface area contributed by atoms with Crippen molar-refractivity contribution in [2.24, 2.45) is 12.5 Å². The van der Waals surface area contributed by atoms with Gasteiger partial charge in [-0.25, -0.2) is 4.79 Å². The first-order valence-electron chi connectivity index (χ1n) is 8.24. The van der Waals surface area contributed by atoms with Gasteiger partial charge in [0.2, 0.25) is 0 Å². The monoisotopic (exact) mass is 332 g/mol. The van der Waals surface area contributed by atoms with Crippen LogP contribution in [0.2, 0.25) is 0 Å². The van der Waals surface area contributed by atoms with Crippen molar-refractivity contribution >= 4 is 11.9 Å². The zero-order valence-electron chi connectivity index (χ0n) is 14.4. The fourth-order valence-electron chi connectivity index (χ4n) is 3.76. The second-order valence-corrected chi connectivity index (χ2v) is 7.26. The zero-order chi connectivity index (χ0) is 17.5. The molecule has 3 amide bonds. The van der Waals surface area contributed by atoms with E-state index in [-0.39, 0.29) is 34.5 Å². The van der Waals surface area contributed by atoms with Gasteiger partial charge in [0.05, 0.1) is 0 Å². The highest BCUT2D eigenvalue weighted by molar-refractivity contribution is 5.94. The molecule has 3 rings (SSSR count). The maximum absolute atomic E-state index is 12.6. The number of hydrogen-bond donors (Lipinski definition) is 1. The van der Waals surface area contributed by atoms with E-state index in [4.69, 9.17) is 0 Å². The first kappa shape index (κ1) is 16.5. The third-order valence-electron chi connectivity index (χ3n) is 5.17. The highest BCUT2D eigenvalue weighted by Gasteiger charge is 2.50. The number of nitrogens with one attached hydrogen (secondary N) is 1. The second kappa shape index (κ2) is 5.96. The van der Waals surface area contributed by atoms with Crippen LogP contribution in [0, 0.1) is 5.41 Å². The van der Waals surface area contributed by atoms with Gasteiger partial charge in [-0.2, -0.15) is 0 Å². The summed E-state index contributed by atoms with van der Waals surface area (Å²) < 4.78 is 1.43. The molecule has 1 aliphatic heterocycles. The van der Waals surface area contributed by atoms with Crippen LogP contribution in [0.3, 0.4) is 0 Å². The molecule has 0 aromatic carbocycles. The first-order valence-corrected chi connectivity index (χ1v) is 8.24. The Morgan fingerprint density at radius 3 is 2.71 bits per heavy atom. The fraction of sp³-hybridized carbons (Fsp3) is 0.588. The van der Waals surface area contributed by atoms with Gasteiger partial charge in [-0.1, -0.05) is 0 Å². The highest BCUT2D eigenvalue weighted by Crippen LogP contribution is 2.48. The summed E-state index contributed by atoms with van der Waals surface area (Å²) in [5.41, 5.74) is 0.0712. The molecule has 1 aliphatic carbocycles. The summed E-state index contributed by atoms with van der Waals surface area (Å²) in [4.78, 5) is 39.7. The Bertz CT molecular complexity index is 719. The molecule has 1 aromatic heterocycles. The Kier molecular flexibility index (Phi) is 4.11. The predicted molar refractivity (Wildman–Crippen MR) is 89.9 cm³/mol. The third kappa shape index (κ3) is 2.90. The average molecular weight is 332 g/mol. The molecule has 0 atom stereocenters. The standard InChI is InChI=1S/C17H24N4O3/c1-19(2)16(24)18-12-9-17(10-12)6-8-21(11-17)15(23)13-5-4-7-20(3)14(13)22/h4-5,7,12H,6,8-11H2,1-3H3,(H,18,24). The number of carbonyl (C=O) groups is 2. The summed E-state index contributed by atoms with van der Waals surface area (Å²) >= 11 is 0. The van der Waals surface area contributed by atoms with Crippen molar-refractivity contribution in [2.75, 3.05) is 27.2 Å². The summed E-state index contributed by atoms with van der Waals surface area (Å²) in [5, 5.41) is 2.99. The van der Waals surface area contributed by atoms with E-state index in [0.29, 0.717) is 13.1 Å². The van der Waals surface area contributed by atoms with Gasteiger partial charge in [0.1, 0.15) is 5.56 Å². The van der Waals surface area contributed by atoms with Crippen LogP contribution >= 0.6 is 0 Å². The molecule has 0 bridgehead atoms. The average Bonchev–Trinajstić information content (AvgIpc) is 2.94. The Hall–Kier alpha value is -2.31. The van der Waals surface area contributed by atoms with Gasteiger partial charge >= 0.3 is 6.03 Å². The molecular formula is C17H24N4O3. The number of amides is 3. The molecular weight excluding hydrogens is 308 g/mol. The van der Waals surface area contributed by atoms with Crippen molar-refractivity contribution in [1.29, 1.82) is 0 Å². The van der Waals surface area contributed by atoms with Gasteiger partial charge in [-0.05, 0) is 36.8 Å². The van der Waals surface area contributed by atoms with Crippen LogP contribution < -0.4 is 10.9 Å². The molecule has 0 unspecified atom stereocenters. The quantitative estimate of drug-likeness (QED) is 0.864. The van der Waals surface area contributed by atoms with Crippen molar-refractivity contribution in [3.63, 3.8) is 0 Å². The number of rotatable bonds is 2. The lowest BCUT2D eigenvalue weighted by Crippen LogP contribution is -2.54. The van der Waals surface area contributed by atoms with Gasteiger partial charge in [0.15, 0.2) is 0 Å². The lowest BCUT2D eigenvalue weighted by molar-refractivity contribution is 0.0663.